The van der Waals surface area contributed by atoms with Gasteiger partial charge in [-0.05, 0) is 98.8 Å². The van der Waals surface area contributed by atoms with E-state index >= 15 is 0 Å². The van der Waals surface area contributed by atoms with Crippen LogP contribution in [0.1, 0.15) is 44.9 Å². The minimum Gasteiger partial charge on any atom is -0.322 e. The summed E-state index contributed by atoms with van der Waals surface area (Å²) >= 11 is 0. The van der Waals surface area contributed by atoms with Gasteiger partial charge in [0, 0.05) is 68.8 Å². The molecule has 0 saturated carbocycles. The van der Waals surface area contributed by atoms with E-state index in [1.54, 1.807) is 48.5 Å². The van der Waals surface area contributed by atoms with Gasteiger partial charge in [0.05, 0.1) is 0 Å². The lowest BCUT2D eigenvalue weighted by Gasteiger charge is -2.09. The molecule has 222 valence electrons. The average molecular weight is 596 g/mol. The number of nitrogens with one attached hydrogen (secondary N) is 3. The lowest BCUT2D eigenvalue weighted by Crippen LogP contribution is -2.32. The zero-order valence-corrected chi connectivity index (χ0v) is 25.1. The summed E-state index contributed by atoms with van der Waals surface area (Å²) in [4.78, 5) is 38.7. The summed E-state index contributed by atoms with van der Waals surface area (Å²) in [5.41, 5.74) is 5.34. The van der Waals surface area contributed by atoms with E-state index in [0.29, 0.717) is 33.8 Å². The second-order valence-corrected chi connectivity index (χ2v) is 10.7. The molecule has 2 heterocycles. The third kappa shape index (κ3) is 6.40. The Hall–Kier alpha value is -5.89. The normalized spacial score (nSPS) is 10.9. The summed E-state index contributed by atoms with van der Waals surface area (Å²) in [6.45, 7) is 5.80. The standard InChI is InChI=1S/C37H31N5O3/c1-3-41-21-5-7-25-13-19-31(23-33(25)41)39-36(44)28-11-9-27(10-12-28)35(43)38-30-17-15-29(16-18-30)37(45)40-32-20-14-26-8-6-22-42(4-2)34(26)24-32/h5-24H,3-4H2,1-2H3,(H,38,43,45)/p+2. The van der Waals surface area contributed by atoms with E-state index in [4.69, 9.17) is 0 Å². The van der Waals surface area contributed by atoms with E-state index in [1.807, 2.05) is 73.1 Å². The fourth-order valence-electron chi connectivity index (χ4n) is 5.32. The van der Waals surface area contributed by atoms with Crippen molar-refractivity contribution in [3.63, 3.8) is 0 Å². The van der Waals surface area contributed by atoms with Gasteiger partial charge in [-0.15, -0.1) is 0 Å². The van der Waals surface area contributed by atoms with Crippen molar-refractivity contribution in [3.05, 3.63) is 138 Å². The topological polar surface area (TPSA) is 95.1 Å². The third-order valence-electron chi connectivity index (χ3n) is 7.77. The number of anilines is 3. The number of amides is 3. The maximum atomic E-state index is 12.9. The number of carbonyl (C=O) groups is 3. The number of aromatic nitrogens is 2. The van der Waals surface area contributed by atoms with Gasteiger partial charge in [-0.25, -0.2) is 0 Å². The predicted molar refractivity (Wildman–Crippen MR) is 176 cm³/mol. The molecule has 0 radical (unpaired) electrons. The third-order valence-corrected chi connectivity index (χ3v) is 7.77. The van der Waals surface area contributed by atoms with Crippen molar-refractivity contribution in [1.29, 1.82) is 0 Å². The summed E-state index contributed by atoms with van der Waals surface area (Å²) in [7, 11) is 0. The molecule has 0 fully saturated rings. The van der Waals surface area contributed by atoms with Gasteiger partial charge in [0.25, 0.3) is 17.7 Å². The molecule has 4 aromatic carbocycles. The molecule has 0 atom stereocenters. The van der Waals surface area contributed by atoms with Crippen molar-refractivity contribution in [1.82, 2.24) is 0 Å². The van der Waals surface area contributed by atoms with Gasteiger partial charge in [0.1, 0.15) is 13.1 Å². The van der Waals surface area contributed by atoms with Crippen LogP contribution in [-0.4, -0.2) is 17.7 Å². The molecule has 3 N–H and O–H groups in total. The van der Waals surface area contributed by atoms with Crippen molar-refractivity contribution in [2.75, 3.05) is 16.0 Å². The first-order valence-electron chi connectivity index (χ1n) is 14.9. The Kier molecular flexibility index (Phi) is 8.28. The lowest BCUT2D eigenvalue weighted by molar-refractivity contribution is -0.668. The summed E-state index contributed by atoms with van der Waals surface area (Å²) in [6.07, 6.45) is 4.03. The minimum absolute atomic E-state index is 0.242. The van der Waals surface area contributed by atoms with Gasteiger partial charge in [0.2, 0.25) is 11.0 Å². The molecule has 6 rings (SSSR count). The average Bonchev–Trinajstić information content (AvgIpc) is 3.08. The summed E-state index contributed by atoms with van der Waals surface area (Å²) in [6, 6.07) is 32.9. The van der Waals surface area contributed by atoms with Crippen molar-refractivity contribution in [2.24, 2.45) is 0 Å². The Morgan fingerprint density at radius 3 is 1.24 bits per heavy atom. The monoisotopic (exact) mass is 595 g/mol. The van der Waals surface area contributed by atoms with Crippen LogP contribution < -0.4 is 25.1 Å². The Labute approximate surface area is 261 Å². The lowest BCUT2D eigenvalue weighted by atomic mass is 10.1. The van der Waals surface area contributed by atoms with Gasteiger partial charge in [-0.1, -0.05) is 0 Å². The number of benzene rings is 4. The Bertz CT molecular complexity index is 2050. The van der Waals surface area contributed by atoms with Crippen molar-refractivity contribution >= 4 is 56.6 Å². The fourth-order valence-corrected chi connectivity index (χ4v) is 5.32. The largest absolute Gasteiger partial charge is 0.322 e. The number of rotatable bonds is 8. The van der Waals surface area contributed by atoms with Crippen LogP contribution in [0.5, 0.6) is 0 Å². The number of aryl methyl sites for hydroxylation is 2. The summed E-state index contributed by atoms with van der Waals surface area (Å²) in [5.74, 6) is -0.825. The van der Waals surface area contributed by atoms with Gasteiger partial charge in [0.15, 0.2) is 12.4 Å². The SMILES string of the molecule is CC[n+]1cccc2ccc(NC(=O)c3ccc(NC(=O)c4ccc(C(=O)Nc5ccc6ccc[n+](CC)c6c5)cc4)cc3)cc21. The van der Waals surface area contributed by atoms with Crippen LogP contribution in [0.4, 0.5) is 17.1 Å². The quantitative estimate of drug-likeness (QED) is 0.179. The summed E-state index contributed by atoms with van der Waals surface area (Å²) < 4.78 is 4.24. The first-order chi connectivity index (χ1) is 21.9. The highest BCUT2D eigenvalue weighted by Crippen LogP contribution is 2.20. The molecule has 0 aliphatic rings. The van der Waals surface area contributed by atoms with Gasteiger partial charge in [-0.3, -0.25) is 14.4 Å². The first-order valence-corrected chi connectivity index (χ1v) is 14.9. The molecule has 3 amide bonds. The van der Waals surface area contributed by atoms with E-state index in [2.05, 4.69) is 38.9 Å². The van der Waals surface area contributed by atoms with Gasteiger partial charge in [-0.2, -0.15) is 9.13 Å². The van der Waals surface area contributed by atoms with E-state index in [1.165, 1.54) is 0 Å². The first kappa shape index (κ1) is 29.2. The minimum atomic E-state index is -0.321. The molecule has 0 aliphatic heterocycles. The van der Waals surface area contributed by atoms with Crippen molar-refractivity contribution < 1.29 is 23.5 Å². The number of hydrogen-bond donors (Lipinski definition) is 3. The molecular formula is C37H33N5O3+2. The molecule has 0 aliphatic carbocycles. The van der Waals surface area contributed by atoms with Crippen molar-refractivity contribution in [2.45, 2.75) is 26.9 Å². The molecule has 0 saturated heterocycles. The van der Waals surface area contributed by atoms with Crippen LogP contribution in [0.25, 0.3) is 21.8 Å². The Balaban J connectivity index is 1.07. The van der Waals surface area contributed by atoms with Crippen LogP contribution in [-0.2, 0) is 13.1 Å². The molecular weight excluding hydrogens is 562 g/mol. The summed E-state index contributed by atoms with van der Waals surface area (Å²) in [5, 5.41) is 10.9. The number of hydrogen-bond acceptors (Lipinski definition) is 3. The van der Waals surface area contributed by atoms with Crippen LogP contribution in [0.2, 0.25) is 0 Å². The molecule has 2 aromatic heterocycles. The predicted octanol–water partition coefficient (Wildman–Crippen LogP) is 6.36. The van der Waals surface area contributed by atoms with E-state index in [9.17, 15) is 14.4 Å². The van der Waals surface area contributed by atoms with E-state index < -0.39 is 0 Å². The highest BCUT2D eigenvalue weighted by atomic mass is 16.2. The zero-order valence-electron chi connectivity index (χ0n) is 25.1. The zero-order chi connectivity index (χ0) is 31.3. The molecule has 8 nitrogen and oxygen atoms in total. The maximum Gasteiger partial charge on any atom is 0.255 e. The van der Waals surface area contributed by atoms with Gasteiger partial charge >= 0.3 is 0 Å². The molecule has 6 aromatic rings. The van der Waals surface area contributed by atoms with Crippen LogP contribution in [0.3, 0.4) is 0 Å². The molecule has 0 bridgehead atoms. The molecule has 0 unspecified atom stereocenters. The van der Waals surface area contributed by atoms with Gasteiger partial charge < -0.3 is 16.0 Å². The van der Waals surface area contributed by atoms with E-state index in [0.717, 1.165) is 34.9 Å². The van der Waals surface area contributed by atoms with Crippen LogP contribution >= 0.6 is 0 Å². The molecule has 0 spiro atoms. The molecule has 45 heavy (non-hydrogen) atoms. The molecule has 8 heteroatoms. The van der Waals surface area contributed by atoms with E-state index in [-0.39, 0.29) is 17.7 Å². The van der Waals surface area contributed by atoms with Crippen molar-refractivity contribution in [3.8, 4) is 0 Å². The van der Waals surface area contributed by atoms with Crippen LogP contribution in [0.15, 0.2) is 122 Å². The Morgan fingerprint density at radius 1 is 0.489 bits per heavy atom. The second-order valence-electron chi connectivity index (χ2n) is 10.7. The highest BCUT2D eigenvalue weighted by Gasteiger charge is 2.14. The van der Waals surface area contributed by atoms with Crippen LogP contribution in [0, 0.1) is 0 Å². The number of pyridine rings is 2. The Morgan fingerprint density at radius 2 is 0.844 bits per heavy atom. The number of fused-ring (bicyclic) bond motifs is 2. The second kappa shape index (κ2) is 12.8. The number of nitrogens with zero attached hydrogens (tertiary/aromatic N) is 2. The highest BCUT2D eigenvalue weighted by molar-refractivity contribution is 6.08. The fraction of sp³-hybridized carbons (Fsp3) is 0.108. The number of carbonyl (C=O) groups excluding carboxylic acids is 3. The maximum absolute atomic E-state index is 12.9. The smallest absolute Gasteiger partial charge is 0.255 e.